The summed E-state index contributed by atoms with van der Waals surface area (Å²) in [5.41, 5.74) is 4.69. The first kappa shape index (κ1) is 10.9. The Hall–Kier alpha value is -0.160. The number of β-amino-alcohol motifs (C(OH)–C–C–N with tert-alkyl or cyclic N) is 1. The molecule has 0 aromatic carbocycles. The number of hydrogen-bond acceptors (Lipinski definition) is 4. The molecule has 0 aromatic heterocycles. The minimum Gasteiger partial charge on any atom is -0.388 e. The Labute approximate surface area is 79.7 Å². The maximum atomic E-state index is 9.79. The molecule has 0 aliphatic carbocycles. The van der Waals surface area contributed by atoms with Gasteiger partial charge < -0.3 is 15.6 Å². The van der Waals surface area contributed by atoms with Crippen molar-refractivity contribution < 1.29 is 9.84 Å². The van der Waals surface area contributed by atoms with Gasteiger partial charge in [-0.1, -0.05) is 0 Å². The van der Waals surface area contributed by atoms with Crippen molar-refractivity contribution in [1.82, 2.24) is 4.90 Å². The first-order valence-corrected chi connectivity index (χ1v) is 4.79. The summed E-state index contributed by atoms with van der Waals surface area (Å²) >= 11 is 0. The maximum Gasteiger partial charge on any atom is 0.0867 e. The molecule has 0 radical (unpaired) electrons. The van der Waals surface area contributed by atoms with Crippen molar-refractivity contribution in [2.45, 2.75) is 25.5 Å². The molecule has 1 rings (SSSR count). The number of aliphatic hydroxyl groups is 1. The summed E-state index contributed by atoms with van der Waals surface area (Å²) in [5.74, 6) is 0. The number of hydrogen-bond donors (Lipinski definition) is 2. The third kappa shape index (κ3) is 3.23. The Morgan fingerprint density at radius 2 is 2.38 bits per heavy atom. The van der Waals surface area contributed by atoms with Crippen LogP contribution < -0.4 is 5.73 Å². The lowest BCUT2D eigenvalue weighted by Gasteiger charge is -2.37. The molecule has 0 bridgehead atoms. The highest BCUT2D eigenvalue weighted by atomic mass is 16.5. The summed E-state index contributed by atoms with van der Waals surface area (Å²) in [6.07, 6.45) is 0. The van der Waals surface area contributed by atoms with E-state index in [-0.39, 0.29) is 0 Å². The van der Waals surface area contributed by atoms with Gasteiger partial charge in [-0.3, -0.25) is 4.90 Å². The number of morpholine rings is 1. The molecule has 2 unspecified atom stereocenters. The molecular weight excluding hydrogens is 168 g/mol. The number of nitrogens with zero attached hydrogens (tertiary/aromatic N) is 1. The lowest BCUT2D eigenvalue weighted by Crippen LogP contribution is -2.52. The van der Waals surface area contributed by atoms with Gasteiger partial charge in [0.05, 0.1) is 18.8 Å². The van der Waals surface area contributed by atoms with Gasteiger partial charge in [0, 0.05) is 25.7 Å². The first-order valence-electron chi connectivity index (χ1n) is 4.79. The molecule has 1 aliphatic rings. The van der Waals surface area contributed by atoms with Crippen LogP contribution in [-0.2, 0) is 4.74 Å². The van der Waals surface area contributed by atoms with E-state index in [1.165, 1.54) is 0 Å². The zero-order valence-corrected chi connectivity index (χ0v) is 8.49. The third-order valence-corrected chi connectivity index (χ3v) is 2.49. The van der Waals surface area contributed by atoms with Crippen molar-refractivity contribution >= 4 is 0 Å². The van der Waals surface area contributed by atoms with Crippen LogP contribution in [0.25, 0.3) is 0 Å². The van der Waals surface area contributed by atoms with Crippen molar-refractivity contribution in [1.29, 1.82) is 0 Å². The number of nitrogens with two attached hydrogens (primary N) is 1. The Bertz CT molecular complexity index is 162. The van der Waals surface area contributed by atoms with E-state index in [9.17, 15) is 5.11 Å². The largest absolute Gasteiger partial charge is 0.388 e. The molecule has 0 aromatic rings. The molecule has 1 heterocycles. The second-order valence-corrected chi connectivity index (χ2v) is 4.10. The SMILES string of the molecule is CC1COCCN1CC(C)(O)CN. The third-order valence-electron chi connectivity index (χ3n) is 2.49. The zero-order valence-electron chi connectivity index (χ0n) is 8.49. The molecular formula is C9H20N2O2. The minimum absolute atomic E-state index is 0.303. The van der Waals surface area contributed by atoms with E-state index >= 15 is 0 Å². The highest BCUT2D eigenvalue weighted by Gasteiger charge is 2.27. The van der Waals surface area contributed by atoms with Crippen LogP contribution >= 0.6 is 0 Å². The molecule has 78 valence electrons. The summed E-state index contributed by atoms with van der Waals surface area (Å²) in [5, 5.41) is 9.79. The fourth-order valence-corrected chi connectivity index (χ4v) is 1.50. The van der Waals surface area contributed by atoms with E-state index in [0.717, 1.165) is 19.8 Å². The average molecular weight is 188 g/mol. The first-order chi connectivity index (χ1) is 6.05. The second kappa shape index (κ2) is 4.37. The van der Waals surface area contributed by atoms with E-state index in [4.69, 9.17) is 10.5 Å². The smallest absolute Gasteiger partial charge is 0.0867 e. The highest BCUT2D eigenvalue weighted by molar-refractivity contribution is 4.82. The van der Waals surface area contributed by atoms with Crippen LogP contribution in [-0.4, -0.2) is 54.5 Å². The van der Waals surface area contributed by atoms with Crippen LogP contribution in [0.15, 0.2) is 0 Å². The van der Waals surface area contributed by atoms with Crippen LogP contribution in [0.1, 0.15) is 13.8 Å². The standard InChI is InChI=1S/C9H20N2O2/c1-8-5-13-4-3-11(8)7-9(2,12)6-10/h8,12H,3-7,10H2,1-2H3. The summed E-state index contributed by atoms with van der Waals surface area (Å²) in [6, 6.07) is 0.381. The van der Waals surface area contributed by atoms with E-state index in [2.05, 4.69) is 11.8 Å². The van der Waals surface area contributed by atoms with Crippen molar-refractivity contribution in [3.8, 4) is 0 Å². The van der Waals surface area contributed by atoms with Gasteiger partial charge in [0.2, 0.25) is 0 Å². The van der Waals surface area contributed by atoms with Crippen LogP contribution in [0.3, 0.4) is 0 Å². The van der Waals surface area contributed by atoms with Crippen molar-refractivity contribution in [2.75, 3.05) is 32.8 Å². The Morgan fingerprint density at radius 1 is 1.69 bits per heavy atom. The lowest BCUT2D eigenvalue weighted by molar-refractivity contribution is -0.0449. The number of rotatable bonds is 3. The number of ether oxygens (including phenoxy) is 1. The van der Waals surface area contributed by atoms with E-state index in [1.807, 2.05) is 0 Å². The van der Waals surface area contributed by atoms with Gasteiger partial charge in [0.1, 0.15) is 0 Å². The monoisotopic (exact) mass is 188 g/mol. The van der Waals surface area contributed by atoms with Crippen LogP contribution in [0.2, 0.25) is 0 Å². The predicted molar refractivity (Wildman–Crippen MR) is 51.5 cm³/mol. The topological polar surface area (TPSA) is 58.7 Å². The van der Waals surface area contributed by atoms with Gasteiger partial charge in [-0.15, -0.1) is 0 Å². The maximum absolute atomic E-state index is 9.79. The van der Waals surface area contributed by atoms with Gasteiger partial charge >= 0.3 is 0 Å². The summed E-state index contributed by atoms with van der Waals surface area (Å²) in [6.45, 7) is 7.20. The molecule has 1 saturated heterocycles. The lowest BCUT2D eigenvalue weighted by atomic mass is 10.1. The van der Waals surface area contributed by atoms with Gasteiger partial charge in [-0.2, -0.15) is 0 Å². The van der Waals surface area contributed by atoms with Crippen molar-refractivity contribution in [3.63, 3.8) is 0 Å². The summed E-state index contributed by atoms with van der Waals surface area (Å²) < 4.78 is 5.31. The summed E-state index contributed by atoms with van der Waals surface area (Å²) in [4.78, 5) is 2.22. The van der Waals surface area contributed by atoms with Gasteiger partial charge in [0.15, 0.2) is 0 Å². The average Bonchev–Trinajstić information content (AvgIpc) is 2.09. The van der Waals surface area contributed by atoms with Crippen molar-refractivity contribution in [2.24, 2.45) is 5.73 Å². The highest BCUT2D eigenvalue weighted by Crippen LogP contribution is 2.11. The predicted octanol–water partition coefficient (Wildman–Crippen LogP) is -0.583. The fourth-order valence-electron chi connectivity index (χ4n) is 1.50. The Morgan fingerprint density at radius 3 is 2.92 bits per heavy atom. The zero-order chi connectivity index (χ0) is 9.90. The van der Waals surface area contributed by atoms with Gasteiger partial charge in [-0.05, 0) is 13.8 Å². The summed E-state index contributed by atoms with van der Waals surface area (Å²) in [7, 11) is 0. The molecule has 4 nitrogen and oxygen atoms in total. The molecule has 3 N–H and O–H groups in total. The molecule has 0 saturated carbocycles. The minimum atomic E-state index is -0.772. The van der Waals surface area contributed by atoms with Crippen LogP contribution in [0.4, 0.5) is 0 Å². The normalized spacial score (nSPS) is 30.0. The van der Waals surface area contributed by atoms with Gasteiger partial charge in [-0.25, -0.2) is 0 Å². The van der Waals surface area contributed by atoms with Crippen LogP contribution in [0.5, 0.6) is 0 Å². The molecule has 2 atom stereocenters. The molecule has 1 aliphatic heterocycles. The Balaban J connectivity index is 2.42. The van der Waals surface area contributed by atoms with E-state index < -0.39 is 5.60 Å². The van der Waals surface area contributed by atoms with Crippen molar-refractivity contribution in [3.05, 3.63) is 0 Å². The van der Waals surface area contributed by atoms with E-state index in [0.29, 0.717) is 19.1 Å². The second-order valence-electron chi connectivity index (χ2n) is 4.10. The molecule has 4 heteroatoms. The molecule has 13 heavy (non-hydrogen) atoms. The molecule has 1 fully saturated rings. The van der Waals surface area contributed by atoms with Crippen LogP contribution in [0, 0.1) is 0 Å². The van der Waals surface area contributed by atoms with E-state index in [1.54, 1.807) is 6.92 Å². The molecule has 0 spiro atoms. The quantitative estimate of drug-likeness (QED) is 0.622. The van der Waals surface area contributed by atoms with Gasteiger partial charge in [0.25, 0.3) is 0 Å². The Kier molecular flexibility index (Phi) is 3.67. The fraction of sp³-hybridized carbons (Fsp3) is 1.00. The molecule has 0 amide bonds.